The zero-order valence-electron chi connectivity index (χ0n) is 37.6. The van der Waals surface area contributed by atoms with Crippen LogP contribution < -0.4 is 16.6 Å². The van der Waals surface area contributed by atoms with E-state index in [1.165, 1.54) is 4.57 Å². The Hall–Kier alpha value is -3.51. The predicted octanol–water partition coefficient (Wildman–Crippen LogP) is -0.452. The van der Waals surface area contributed by atoms with Gasteiger partial charge in [-0.3, -0.25) is 9.78 Å². The van der Waals surface area contributed by atoms with Gasteiger partial charge in [-0.15, -0.1) is 0 Å². The number of aromatic nitrogens is 4. The number of fused-ring (bicyclic) bond motifs is 2. The molecule has 20 nitrogen and oxygen atoms in total. The van der Waals surface area contributed by atoms with Crippen LogP contribution in [0.5, 0.6) is 0 Å². The van der Waals surface area contributed by atoms with Crippen LogP contribution in [0.4, 0.5) is 0 Å². The van der Waals surface area contributed by atoms with Crippen LogP contribution in [0, 0.1) is 19.3 Å². The molecule has 0 aliphatic carbocycles. The highest BCUT2D eigenvalue weighted by atomic mass is 16.7. The molecule has 1 aromatic carbocycles. The van der Waals surface area contributed by atoms with Gasteiger partial charge in [-0.25, -0.2) is 14.6 Å². The van der Waals surface area contributed by atoms with Crippen molar-refractivity contribution >= 4 is 17.0 Å². The third kappa shape index (κ3) is 10.5. The molecule has 0 aromatic heterocycles. The molecule has 9 N–H and O–H groups in total. The van der Waals surface area contributed by atoms with Crippen LogP contribution in [-0.4, -0.2) is 167 Å². The number of nitrogens with zero attached hydrogens (tertiary/aromatic N) is 3. The average molecular weight is 894 g/mol. The van der Waals surface area contributed by atoms with Gasteiger partial charge < -0.3 is 69.3 Å². The molecule has 20 heteroatoms. The smallest absolute Gasteiger partial charge is 0.349 e. The van der Waals surface area contributed by atoms with E-state index in [0.717, 1.165) is 24.0 Å². The molecule has 4 aliphatic heterocycles. The van der Waals surface area contributed by atoms with Crippen LogP contribution >= 0.6 is 0 Å². The number of carbonyl (C=O) groups excluding carboxylic acids is 1. The lowest BCUT2D eigenvalue weighted by Gasteiger charge is -2.52. The van der Waals surface area contributed by atoms with Crippen LogP contribution in [0.15, 0.2) is 21.7 Å². The number of H-pyrrole nitrogens is 1. The summed E-state index contributed by atoms with van der Waals surface area (Å²) in [4.78, 5) is 49.4. The molecule has 5 rings (SSSR count). The van der Waals surface area contributed by atoms with Gasteiger partial charge in [0, 0.05) is 0 Å². The Balaban J connectivity index is 1.39. The molecule has 63 heavy (non-hydrogen) atoms. The molecule has 354 valence electrons. The van der Waals surface area contributed by atoms with Gasteiger partial charge in [0.1, 0.15) is 61.5 Å². The summed E-state index contributed by atoms with van der Waals surface area (Å²) >= 11 is 0. The van der Waals surface area contributed by atoms with E-state index in [4.69, 9.17) is 23.7 Å². The van der Waals surface area contributed by atoms with E-state index < -0.39 is 127 Å². The lowest BCUT2D eigenvalue weighted by molar-refractivity contribution is -0.341. The van der Waals surface area contributed by atoms with Gasteiger partial charge in [-0.05, 0) is 82.2 Å². The number of carbonyl (C=O) groups is 1. The number of aromatic amines is 1. The summed E-state index contributed by atoms with van der Waals surface area (Å²) in [5.41, 5.74) is -0.943. The second kappa shape index (κ2) is 20.8. The number of hydrogen-bond acceptors (Lipinski definition) is 18. The summed E-state index contributed by atoms with van der Waals surface area (Å²) in [6.07, 6.45) is -15.6. The maximum Gasteiger partial charge on any atom is 0.349 e. The predicted molar refractivity (Wildman–Crippen MR) is 227 cm³/mol. The molecule has 14 unspecified atom stereocenters. The first-order chi connectivity index (χ1) is 29.7. The van der Waals surface area contributed by atoms with Crippen LogP contribution in [-0.2, 0) is 35.0 Å². The minimum atomic E-state index is -1.97. The van der Waals surface area contributed by atoms with Crippen molar-refractivity contribution in [2.75, 3.05) is 20.3 Å². The zero-order chi connectivity index (χ0) is 46.7. The largest absolute Gasteiger partial charge is 0.461 e. The van der Waals surface area contributed by atoms with Crippen molar-refractivity contribution in [3.8, 4) is 11.5 Å². The fourth-order valence-electron chi connectivity index (χ4n) is 8.58. The molecule has 2 fully saturated rings. The standard InChI is InChI=1S/C43H67N5O15/c1-10-14-42(7,11-2)36-27(44-9)33(30(53)26(18-49)60-36)61-40-32(55)31(54)34(63-43(8,12-3)13-4)35(62-40)39(57)59-19-25(51)29(52)24(50)17-48-23-16-21(6)20(5)15-22(23)45-28-37(48)46-41(58)47-38(28)56/h15-16,24-27,29-36,40,44,49-55H,10-14,17-19H2,1-9H3,(H,47,56,58). The molecule has 4 heterocycles. The van der Waals surface area contributed by atoms with Crippen LogP contribution in [0.2, 0.25) is 0 Å². The SMILES string of the molecule is CCCC(C)(CC)C1OC(CO)C(O)C(OC2OC(C(=O)OCC(O)C(O)C(O)Cn3c4nc(=O)[nH]c(=O)c-4nc4cc(C)c(C)cc43)C(OC(C)(CC)CC)C(O)C2O)C1NC. The van der Waals surface area contributed by atoms with E-state index in [1.807, 2.05) is 48.5 Å². The first-order valence-electron chi connectivity index (χ1n) is 21.8. The number of nitrogens with one attached hydrogen (secondary N) is 2. The number of aliphatic hydroxyl groups is 7. The van der Waals surface area contributed by atoms with Crippen molar-refractivity contribution < 1.29 is 64.2 Å². The topological polar surface area (TPSA) is 297 Å². The summed E-state index contributed by atoms with van der Waals surface area (Å²) in [7, 11) is 1.65. The Labute approximate surface area is 365 Å². The minimum absolute atomic E-state index is 0.173. The van der Waals surface area contributed by atoms with Gasteiger partial charge in [0.05, 0.1) is 41.9 Å². The van der Waals surface area contributed by atoms with Crippen molar-refractivity contribution in [3.63, 3.8) is 0 Å². The lowest BCUT2D eigenvalue weighted by atomic mass is 9.71. The minimum Gasteiger partial charge on any atom is -0.461 e. The molecular formula is C43H67N5O15. The van der Waals surface area contributed by atoms with E-state index in [0.29, 0.717) is 30.3 Å². The average Bonchev–Trinajstić information content (AvgIpc) is 3.26. The Bertz CT molecular complexity index is 2100. The van der Waals surface area contributed by atoms with Crippen molar-refractivity contribution in [3.05, 3.63) is 44.1 Å². The Morgan fingerprint density at radius 3 is 2.21 bits per heavy atom. The normalized spacial score (nSPS) is 29.3. The monoisotopic (exact) mass is 893 g/mol. The first kappa shape index (κ1) is 50.5. The van der Waals surface area contributed by atoms with Crippen LogP contribution in [0.3, 0.4) is 0 Å². The maximum atomic E-state index is 14.0. The van der Waals surface area contributed by atoms with Gasteiger partial charge in [-0.2, -0.15) is 4.98 Å². The van der Waals surface area contributed by atoms with Gasteiger partial charge in [0.15, 0.2) is 23.9 Å². The summed E-state index contributed by atoms with van der Waals surface area (Å²) in [5.74, 6) is -1.36. The molecule has 0 amide bonds. The van der Waals surface area contributed by atoms with E-state index in [-0.39, 0.29) is 11.5 Å². The van der Waals surface area contributed by atoms with Crippen LogP contribution in [0.1, 0.15) is 84.8 Å². The molecule has 4 aliphatic rings. The zero-order valence-corrected chi connectivity index (χ0v) is 37.6. The highest BCUT2D eigenvalue weighted by Crippen LogP contribution is 2.41. The molecule has 0 bridgehead atoms. The quantitative estimate of drug-likeness (QED) is 0.0544. The number of aryl methyl sites for hydroxylation is 2. The number of aliphatic hydroxyl groups excluding tert-OH is 7. The summed E-state index contributed by atoms with van der Waals surface area (Å²) in [5, 5.41) is 81.5. The second-order valence-corrected chi connectivity index (χ2v) is 17.5. The van der Waals surface area contributed by atoms with E-state index >= 15 is 0 Å². The highest BCUT2D eigenvalue weighted by molar-refractivity contribution is 5.81. The molecular weight excluding hydrogens is 826 g/mol. The maximum absolute atomic E-state index is 14.0. The van der Waals surface area contributed by atoms with Gasteiger partial charge in [0.25, 0.3) is 5.56 Å². The Morgan fingerprint density at radius 1 is 0.937 bits per heavy atom. The van der Waals surface area contributed by atoms with Crippen LogP contribution in [0.25, 0.3) is 22.6 Å². The number of benzene rings is 1. The molecule has 0 radical (unpaired) electrons. The fraction of sp³-hybridized carbons (Fsp3) is 0.744. The Morgan fingerprint density at radius 2 is 1.60 bits per heavy atom. The molecule has 1 aromatic rings. The number of ether oxygens (including phenoxy) is 5. The van der Waals surface area contributed by atoms with Gasteiger partial charge in [0.2, 0.25) is 0 Å². The fourth-order valence-corrected chi connectivity index (χ4v) is 8.58. The van der Waals surface area contributed by atoms with Gasteiger partial charge >= 0.3 is 11.7 Å². The summed E-state index contributed by atoms with van der Waals surface area (Å²) in [6, 6.07) is 2.71. The summed E-state index contributed by atoms with van der Waals surface area (Å²) < 4.78 is 31.7. The second-order valence-electron chi connectivity index (χ2n) is 17.5. The molecule has 0 spiro atoms. The van der Waals surface area contributed by atoms with E-state index in [9.17, 15) is 50.1 Å². The number of likely N-dealkylation sites (N-methyl/N-ethyl adjacent to an activating group) is 1. The van der Waals surface area contributed by atoms with Gasteiger partial charge in [-0.1, -0.05) is 41.0 Å². The summed E-state index contributed by atoms with van der Waals surface area (Å²) in [6.45, 7) is 13.2. The number of esters is 1. The van der Waals surface area contributed by atoms with Crippen molar-refractivity contribution in [2.45, 2.75) is 179 Å². The molecule has 14 atom stereocenters. The van der Waals surface area contributed by atoms with E-state index in [1.54, 1.807) is 26.1 Å². The molecule has 2 saturated heterocycles. The third-order valence-electron chi connectivity index (χ3n) is 13.3. The van der Waals surface area contributed by atoms with E-state index in [2.05, 4.69) is 20.3 Å². The highest BCUT2D eigenvalue weighted by Gasteiger charge is 2.56. The van der Waals surface area contributed by atoms with Crippen molar-refractivity contribution in [1.29, 1.82) is 0 Å². The first-order valence-corrected chi connectivity index (χ1v) is 21.8. The van der Waals surface area contributed by atoms with Crippen molar-refractivity contribution in [2.24, 2.45) is 5.41 Å². The Kier molecular flexibility index (Phi) is 16.6. The lowest BCUT2D eigenvalue weighted by Crippen LogP contribution is -2.69. The third-order valence-corrected chi connectivity index (χ3v) is 13.3. The molecule has 0 saturated carbocycles. The number of rotatable bonds is 19. The van der Waals surface area contributed by atoms with Crippen molar-refractivity contribution in [1.82, 2.24) is 24.8 Å². The number of hydrogen-bond donors (Lipinski definition) is 9.